The standard InChI is InChI=1S/C13H26N2O2/c1-10(2)14-13(5,11(16)17)9-15-8-6-7-12(15,3)4/h10,14H,6-9H2,1-5H3,(H,16,17). The summed E-state index contributed by atoms with van der Waals surface area (Å²) >= 11 is 0. The molecule has 4 nitrogen and oxygen atoms in total. The first-order valence-electron chi connectivity index (χ1n) is 6.43. The van der Waals surface area contributed by atoms with Crippen LogP contribution in [0.4, 0.5) is 0 Å². The second-order valence-electron chi connectivity index (χ2n) is 6.27. The number of hydrogen-bond donors (Lipinski definition) is 2. The van der Waals surface area contributed by atoms with E-state index in [0.29, 0.717) is 6.54 Å². The molecule has 0 aromatic heterocycles. The van der Waals surface area contributed by atoms with Crippen molar-refractivity contribution in [3.63, 3.8) is 0 Å². The number of rotatable bonds is 5. The van der Waals surface area contributed by atoms with E-state index in [1.807, 2.05) is 13.8 Å². The fourth-order valence-corrected chi connectivity index (χ4v) is 2.65. The Morgan fingerprint density at radius 2 is 2.12 bits per heavy atom. The first-order valence-corrected chi connectivity index (χ1v) is 6.43. The third-order valence-electron chi connectivity index (χ3n) is 3.66. The lowest BCUT2D eigenvalue weighted by atomic mass is 9.96. The van der Waals surface area contributed by atoms with E-state index >= 15 is 0 Å². The zero-order valence-corrected chi connectivity index (χ0v) is 11.7. The molecule has 0 bridgehead atoms. The molecule has 17 heavy (non-hydrogen) atoms. The summed E-state index contributed by atoms with van der Waals surface area (Å²) in [5.74, 6) is -0.770. The van der Waals surface area contributed by atoms with E-state index < -0.39 is 11.5 Å². The van der Waals surface area contributed by atoms with E-state index in [1.54, 1.807) is 6.92 Å². The average Bonchev–Trinajstić information content (AvgIpc) is 2.44. The van der Waals surface area contributed by atoms with Gasteiger partial charge in [0.05, 0.1) is 0 Å². The van der Waals surface area contributed by atoms with Crippen molar-refractivity contribution >= 4 is 5.97 Å². The minimum atomic E-state index is -0.865. The molecule has 0 spiro atoms. The Morgan fingerprint density at radius 1 is 1.53 bits per heavy atom. The molecule has 1 heterocycles. The number of aliphatic carboxylic acids is 1. The molecule has 1 fully saturated rings. The van der Waals surface area contributed by atoms with Crippen molar-refractivity contribution < 1.29 is 9.90 Å². The van der Waals surface area contributed by atoms with Gasteiger partial charge in [-0.15, -0.1) is 0 Å². The molecule has 0 aromatic rings. The summed E-state index contributed by atoms with van der Waals surface area (Å²) < 4.78 is 0. The third kappa shape index (κ3) is 3.42. The molecule has 0 amide bonds. The SMILES string of the molecule is CC(C)NC(C)(CN1CCCC1(C)C)C(=O)O. The van der Waals surface area contributed by atoms with Gasteiger partial charge < -0.3 is 5.11 Å². The zero-order chi connectivity index (χ0) is 13.3. The van der Waals surface area contributed by atoms with Gasteiger partial charge in [-0.25, -0.2) is 0 Å². The minimum absolute atomic E-state index is 0.120. The molecule has 1 aliphatic heterocycles. The molecule has 100 valence electrons. The normalized spacial score (nSPS) is 23.9. The van der Waals surface area contributed by atoms with Crippen LogP contribution in [0.2, 0.25) is 0 Å². The second kappa shape index (κ2) is 4.94. The van der Waals surface area contributed by atoms with Gasteiger partial charge in [-0.1, -0.05) is 0 Å². The Balaban J connectivity index is 2.77. The van der Waals surface area contributed by atoms with Gasteiger partial charge in [-0.05, 0) is 54.0 Å². The summed E-state index contributed by atoms with van der Waals surface area (Å²) in [6.45, 7) is 11.7. The van der Waals surface area contributed by atoms with Crippen LogP contribution in [-0.2, 0) is 4.79 Å². The Hall–Kier alpha value is -0.610. The third-order valence-corrected chi connectivity index (χ3v) is 3.66. The highest BCUT2D eigenvalue weighted by atomic mass is 16.4. The molecule has 0 aliphatic carbocycles. The first-order chi connectivity index (χ1) is 7.67. The lowest BCUT2D eigenvalue weighted by Crippen LogP contribution is -2.60. The topological polar surface area (TPSA) is 52.6 Å². The van der Waals surface area contributed by atoms with Crippen molar-refractivity contribution in [2.45, 2.75) is 64.6 Å². The van der Waals surface area contributed by atoms with Gasteiger partial charge in [0, 0.05) is 18.1 Å². The van der Waals surface area contributed by atoms with Crippen LogP contribution in [0.15, 0.2) is 0 Å². The van der Waals surface area contributed by atoms with Crippen molar-refractivity contribution in [2.75, 3.05) is 13.1 Å². The van der Waals surface area contributed by atoms with Gasteiger partial charge in [0.2, 0.25) is 0 Å². The van der Waals surface area contributed by atoms with Crippen LogP contribution in [0.5, 0.6) is 0 Å². The lowest BCUT2D eigenvalue weighted by molar-refractivity contribution is -0.145. The molecule has 1 saturated heterocycles. The van der Waals surface area contributed by atoms with E-state index in [1.165, 1.54) is 0 Å². The fraction of sp³-hybridized carbons (Fsp3) is 0.923. The molecule has 0 aromatic carbocycles. The summed E-state index contributed by atoms with van der Waals surface area (Å²) in [5, 5.41) is 12.6. The van der Waals surface area contributed by atoms with Crippen molar-refractivity contribution in [3.05, 3.63) is 0 Å². The van der Waals surface area contributed by atoms with Gasteiger partial charge in [0.1, 0.15) is 5.54 Å². The summed E-state index contributed by atoms with van der Waals surface area (Å²) in [4.78, 5) is 13.8. The Kier molecular flexibility index (Phi) is 4.20. The maximum absolute atomic E-state index is 11.5. The second-order valence-corrected chi connectivity index (χ2v) is 6.27. The van der Waals surface area contributed by atoms with E-state index in [9.17, 15) is 9.90 Å². The number of nitrogens with one attached hydrogen (secondary N) is 1. The number of nitrogens with zero attached hydrogens (tertiary/aromatic N) is 1. The van der Waals surface area contributed by atoms with Crippen LogP contribution in [0.3, 0.4) is 0 Å². The predicted molar refractivity (Wildman–Crippen MR) is 69.2 cm³/mol. The summed E-state index contributed by atoms with van der Waals surface area (Å²) in [7, 11) is 0. The summed E-state index contributed by atoms with van der Waals surface area (Å²) in [6.07, 6.45) is 2.30. The molecular weight excluding hydrogens is 216 g/mol. The van der Waals surface area contributed by atoms with E-state index in [-0.39, 0.29) is 11.6 Å². The van der Waals surface area contributed by atoms with Gasteiger partial charge in [0.25, 0.3) is 0 Å². The fourth-order valence-electron chi connectivity index (χ4n) is 2.65. The minimum Gasteiger partial charge on any atom is -0.480 e. The maximum Gasteiger partial charge on any atom is 0.324 e. The monoisotopic (exact) mass is 242 g/mol. The van der Waals surface area contributed by atoms with E-state index in [4.69, 9.17) is 0 Å². The van der Waals surface area contributed by atoms with Crippen molar-refractivity contribution in [1.29, 1.82) is 0 Å². The van der Waals surface area contributed by atoms with Crippen molar-refractivity contribution in [1.82, 2.24) is 10.2 Å². The molecule has 1 atom stereocenters. The molecule has 1 rings (SSSR count). The molecule has 0 saturated carbocycles. The largest absolute Gasteiger partial charge is 0.480 e. The first kappa shape index (κ1) is 14.5. The molecule has 4 heteroatoms. The predicted octanol–water partition coefficient (Wildman–Crippen LogP) is 1.70. The van der Waals surface area contributed by atoms with Gasteiger partial charge in [0.15, 0.2) is 0 Å². The molecular formula is C13H26N2O2. The highest BCUT2D eigenvalue weighted by Gasteiger charge is 2.41. The van der Waals surface area contributed by atoms with E-state index in [2.05, 4.69) is 24.1 Å². The highest BCUT2D eigenvalue weighted by Crippen LogP contribution is 2.29. The number of carbonyl (C=O) groups is 1. The zero-order valence-electron chi connectivity index (χ0n) is 11.7. The van der Waals surface area contributed by atoms with Crippen LogP contribution >= 0.6 is 0 Å². The lowest BCUT2D eigenvalue weighted by Gasteiger charge is -2.39. The highest BCUT2D eigenvalue weighted by molar-refractivity contribution is 5.78. The van der Waals surface area contributed by atoms with Crippen LogP contribution in [0.25, 0.3) is 0 Å². The number of hydrogen-bond acceptors (Lipinski definition) is 3. The summed E-state index contributed by atoms with van der Waals surface area (Å²) in [5.41, 5.74) is -0.745. The molecule has 0 radical (unpaired) electrons. The Labute approximate surface area is 104 Å². The smallest absolute Gasteiger partial charge is 0.324 e. The van der Waals surface area contributed by atoms with Gasteiger partial charge in [-0.2, -0.15) is 0 Å². The van der Waals surface area contributed by atoms with Crippen molar-refractivity contribution in [2.24, 2.45) is 0 Å². The van der Waals surface area contributed by atoms with Crippen LogP contribution < -0.4 is 5.32 Å². The van der Waals surface area contributed by atoms with Gasteiger partial charge in [-0.3, -0.25) is 15.0 Å². The van der Waals surface area contributed by atoms with Crippen LogP contribution in [0.1, 0.15) is 47.5 Å². The maximum atomic E-state index is 11.5. The number of carboxylic acids is 1. The summed E-state index contributed by atoms with van der Waals surface area (Å²) in [6, 6.07) is 0.168. The number of likely N-dealkylation sites (tertiary alicyclic amines) is 1. The quantitative estimate of drug-likeness (QED) is 0.770. The van der Waals surface area contributed by atoms with E-state index in [0.717, 1.165) is 19.4 Å². The Bertz CT molecular complexity index is 289. The van der Waals surface area contributed by atoms with Crippen LogP contribution in [0, 0.1) is 0 Å². The molecule has 1 aliphatic rings. The Morgan fingerprint density at radius 3 is 2.47 bits per heavy atom. The van der Waals surface area contributed by atoms with Gasteiger partial charge >= 0.3 is 5.97 Å². The molecule has 1 unspecified atom stereocenters. The van der Waals surface area contributed by atoms with Crippen LogP contribution in [-0.4, -0.2) is 46.2 Å². The molecule has 2 N–H and O–H groups in total. The average molecular weight is 242 g/mol. The number of carboxylic acid groups (broad SMARTS) is 1. The van der Waals surface area contributed by atoms with Crippen molar-refractivity contribution in [3.8, 4) is 0 Å².